The molecule has 0 atom stereocenters. The number of hydrogen-bond acceptors (Lipinski definition) is 4. The predicted octanol–water partition coefficient (Wildman–Crippen LogP) is 2.11. The lowest BCUT2D eigenvalue weighted by Crippen LogP contribution is -2.23. The average molecular weight is 284 g/mol. The van der Waals surface area contributed by atoms with E-state index in [1.807, 2.05) is 27.0 Å². The normalized spacial score (nSPS) is 11.0. The van der Waals surface area contributed by atoms with Gasteiger partial charge in [0.05, 0.1) is 29.5 Å². The van der Waals surface area contributed by atoms with Crippen LogP contribution in [0.15, 0.2) is 28.9 Å². The van der Waals surface area contributed by atoms with Crippen molar-refractivity contribution in [3.8, 4) is 0 Å². The van der Waals surface area contributed by atoms with E-state index in [-0.39, 0.29) is 5.91 Å². The zero-order valence-corrected chi connectivity index (χ0v) is 12.2. The van der Waals surface area contributed by atoms with Gasteiger partial charge in [-0.25, -0.2) is 4.98 Å². The number of nitrogens with zero attached hydrogens (tertiary/aromatic N) is 3. The first-order chi connectivity index (χ1) is 10.1. The Balaban J connectivity index is 1.97. The maximum atomic E-state index is 12.4. The largest absolute Gasteiger partial charge is 0.467 e. The molecule has 6 nitrogen and oxygen atoms in total. The quantitative estimate of drug-likeness (QED) is 0.799. The van der Waals surface area contributed by atoms with Crippen LogP contribution in [0.4, 0.5) is 0 Å². The molecule has 0 unspecified atom stereocenters. The van der Waals surface area contributed by atoms with Crippen LogP contribution in [0.1, 0.15) is 27.5 Å². The second kappa shape index (κ2) is 5.05. The molecule has 0 aromatic carbocycles. The maximum absolute atomic E-state index is 12.4. The van der Waals surface area contributed by atoms with Gasteiger partial charge in [0.15, 0.2) is 5.65 Å². The molecule has 1 N–H and O–H groups in total. The number of aromatic nitrogens is 3. The molecule has 0 saturated carbocycles. The van der Waals surface area contributed by atoms with E-state index >= 15 is 0 Å². The van der Waals surface area contributed by atoms with E-state index in [0.717, 1.165) is 22.4 Å². The van der Waals surface area contributed by atoms with Crippen LogP contribution in [0.2, 0.25) is 0 Å². The molecular formula is C15H16N4O2. The highest BCUT2D eigenvalue weighted by Crippen LogP contribution is 2.21. The molecule has 0 saturated heterocycles. The Hall–Kier alpha value is -2.63. The summed E-state index contributed by atoms with van der Waals surface area (Å²) in [6, 6.07) is 5.40. The monoisotopic (exact) mass is 284 g/mol. The number of nitrogens with one attached hydrogen (secondary N) is 1. The summed E-state index contributed by atoms with van der Waals surface area (Å²) in [6.45, 7) is 4.10. The number of pyridine rings is 1. The van der Waals surface area contributed by atoms with Gasteiger partial charge in [-0.05, 0) is 32.0 Å². The highest BCUT2D eigenvalue weighted by atomic mass is 16.3. The number of carbonyl (C=O) groups is 1. The lowest BCUT2D eigenvalue weighted by atomic mass is 10.1. The Bertz CT molecular complexity index is 803. The van der Waals surface area contributed by atoms with Crippen molar-refractivity contribution in [3.05, 3.63) is 47.2 Å². The van der Waals surface area contributed by atoms with Crippen LogP contribution < -0.4 is 5.32 Å². The summed E-state index contributed by atoms with van der Waals surface area (Å²) in [7, 11) is 1.83. The van der Waals surface area contributed by atoms with E-state index < -0.39 is 0 Å². The number of carbonyl (C=O) groups excluding carboxylic acids is 1. The highest BCUT2D eigenvalue weighted by Gasteiger charge is 2.17. The van der Waals surface area contributed by atoms with Crippen molar-refractivity contribution in [2.45, 2.75) is 20.4 Å². The number of aryl methyl sites for hydroxylation is 3. The number of fused-ring (bicyclic) bond motifs is 1. The van der Waals surface area contributed by atoms with Crippen LogP contribution in [0.25, 0.3) is 11.0 Å². The standard InChI is InChI=1S/C15H16N4O2/c1-9-7-12(13-10(2)18-19(3)14(13)17-9)15(20)16-8-11-5-4-6-21-11/h4-7H,8H2,1-3H3,(H,16,20). The van der Waals surface area contributed by atoms with Crippen molar-refractivity contribution < 1.29 is 9.21 Å². The summed E-state index contributed by atoms with van der Waals surface area (Å²) in [4.78, 5) is 16.9. The summed E-state index contributed by atoms with van der Waals surface area (Å²) in [5.41, 5.74) is 2.89. The van der Waals surface area contributed by atoms with Crippen LogP contribution in [0.5, 0.6) is 0 Å². The van der Waals surface area contributed by atoms with E-state index in [1.54, 1.807) is 23.1 Å². The summed E-state index contributed by atoms with van der Waals surface area (Å²) >= 11 is 0. The molecule has 0 fully saturated rings. The lowest BCUT2D eigenvalue weighted by Gasteiger charge is -2.06. The number of rotatable bonds is 3. The molecule has 3 aromatic rings. The van der Waals surface area contributed by atoms with Crippen molar-refractivity contribution >= 4 is 16.9 Å². The van der Waals surface area contributed by atoms with Gasteiger partial charge in [0.25, 0.3) is 5.91 Å². The molecule has 3 aromatic heterocycles. The van der Waals surface area contributed by atoms with Gasteiger partial charge >= 0.3 is 0 Å². The minimum absolute atomic E-state index is 0.155. The summed E-state index contributed by atoms with van der Waals surface area (Å²) in [5.74, 6) is 0.561. The highest BCUT2D eigenvalue weighted by molar-refractivity contribution is 6.06. The third kappa shape index (κ3) is 2.40. The molecule has 0 radical (unpaired) electrons. The molecule has 3 heterocycles. The topological polar surface area (TPSA) is 73.0 Å². The van der Waals surface area contributed by atoms with Gasteiger partial charge in [0, 0.05) is 12.7 Å². The van der Waals surface area contributed by atoms with Crippen molar-refractivity contribution in [2.75, 3.05) is 0 Å². The van der Waals surface area contributed by atoms with E-state index in [9.17, 15) is 4.79 Å². The van der Waals surface area contributed by atoms with Gasteiger partial charge in [-0.15, -0.1) is 0 Å². The number of amides is 1. The van der Waals surface area contributed by atoms with Gasteiger partial charge in [-0.2, -0.15) is 5.10 Å². The zero-order chi connectivity index (χ0) is 15.0. The number of furan rings is 1. The Kier molecular flexibility index (Phi) is 3.21. The second-order valence-electron chi connectivity index (χ2n) is 4.98. The van der Waals surface area contributed by atoms with Crippen LogP contribution in [-0.2, 0) is 13.6 Å². The molecule has 6 heteroatoms. The van der Waals surface area contributed by atoms with Crippen LogP contribution in [0.3, 0.4) is 0 Å². The van der Waals surface area contributed by atoms with Gasteiger partial charge in [0.1, 0.15) is 5.76 Å². The molecule has 0 bridgehead atoms. The van der Waals surface area contributed by atoms with E-state index in [2.05, 4.69) is 15.4 Å². The molecule has 108 valence electrons. The molecule has 0 aliphatic carbocycles. The molecule has 0 spiro atoms. The average Bonchev–Trinajstić information content (AvgIpc) is 3.05. The smallest absolute Gasteiger partial charge is 0.252 e. The molecule has 21 heavy (non-hydrogen) atoms. The minimum Gasteiger partial charge on any atom is -0.467 e. The van der Waals surface area contributed by atoms with Crippen LogP contribution >= 0.6 is 0 Å². The summed E-state index contributed by atoms with van der Waals surface area (Å²) in [6.07, 6.45) is 1.58. The van der Waals surface area contributed by atoms with Crippen molar-refractivity contribution in [1.29, 1.82) is 0 Å². The van der Waals surface area contributed by atoms with Crippen molar-refractivity contribution in [2.24, 2.45) is 7.05 Å². The third-order valence-electron chi connectivity index (χ3n) is 3.34. The molecule has 1 amide bonds. The van der Waals surface area contributed by atoms with E-state index in [0.29, 0.717) is 17.9 Å². The lowest BCUT2D eigenvalue weighted by molar-refractivity contribution is 0.0949. The molecular weight excluding hydrogens is 268 g/mol. The van der Waals surface area contributed by atoms with Gasteiger partial charge in [-0.3, -0.25) is 9.48 Å². The second-order valence-corrected chi connectivity index (χ2v) is 4.98. The zero-order valence-electron chi connectivity index (χ0n) is 12.2. The number of hydrogen-bond donors (Lipinski definition) is 1. The molecule has 0 aliphatic heterocycles. The van der Waals surface area contributed by atoms with Crippen LogP contribution in [0, 0.1) is 13.8 Å². The Morgan fingerprint density at radius 2 is 2.24 bits per heavy atom. The molecule has 3 rings (SSSR count). The SMILES string of the molecule is Cc1cc(C(=O)NCc2ccco2)c2c(C)nn(C)c2n1. The van der Waals surface area contributed by atoms with E-state index in [1.165, 1.54) is 0 Å². The fourth-order valence-corrected chi connectivity index (χ4v) is 2.42. The van der Waals surface area contributed by atoms with Gasteiger partial charge in [-0.1, -0.05) is 0 Å². The maximum Gasteiger partial charge on any atom is 0.252 e. The van der Waals surface area contributed by atoms with Crippen molar-refractivity contribution in [3.63, 3.8) is 0 Å². The Labute approximate surface area is 121 Å². The van der Waals surface area contributed by atoms with Crippen LogP contribution in [-0.4, -0.2) is 20.7 Å². The first-order valence-corrected chi connectivity index (χ1v) is 6.68. The fourth-order valence-electron chi connectivity index (χ4n) is 2.42. The first kappa shape index (κ1) is 13.4. The van der Waals surface area contributed by atoms with Gasteiger partial charge in [0.2, 0.25) is 0 Å². The third-order valence-corrected chi connectivity index (χ3v) is 3.34. The van der Waals surface area contributed by atoms with Gasteiger partial charge < -0.3 is 9.73 Å². The summed E-state index contributed by atoms with van der Waals surface area (Å²) < 4.78 is 6.91. The van der Waals surface area contributed by atoms with E-state index in [4.69, 9.17) is 4.42 Å². The molecule has 0 aliphatic rings. The Morgan fingerprint density at radius 3 is 2.95 bits per heavy atom. The minimum atomic E-state index is -0.155. The fraction of sp³-hybridized carbons (Fsp3) is 0.267. The first-order valence-electron chi connectivity index (χ1n) is 6.68. The van der Waals surface area contributed by atoms with Crippen molar-refractivity contribution in [1.82, 2.24) is 20.1 Å². The predicted molar refractivity (Wildman–Crippen MR) is 77.9 cm³/mol. The summed E-state index contributed by atoms with van der Waals surface area (Å²) in [5, 5.41) is 7.99. The Morgan fingerprint density at radius 1 is 1.43 bits per heavy atom.